The van der Waals surface area contributed by atoms with Gasteiger partial charge in [-0.2, -0.15) is 0 Å². The fourth-order valence-corrected chi connectivity index (χ4v) is 0.275. The van der Waals surface area contributed by atoms with Gasteiger partial charge in [0.2, 0.25) is 0 Å². The second-order valence-electron chi connectivity index (χ2n) is 2.08. The summed E-state index contributed by atoms with van der Waals surface area (Å²) < 4.78 is 0. The molecule has 14 heavy (non-hydrogen) atoms. The fourth-order valence-electron chi connectivity index (χ4n) is 0.275. The highest BCUT2D eigenvalue weighted by molar-refractivity contribution is 5.80. The number of nitrogens with two attached hydrogens (primary N) is 1. The summed E-state index contributed by atoms with van der Waals surface area (Å²) in [6, 6.07) is -1.29. The Hall–Kier alpha value is -1.89. The molecule has 0 saturated heterocycles. The monoisotopic (exact) mass is 205 g/mol. The molecular formula is C7H11NO6. The summed E-state index contributed by atoms with van der Waals surface area (Å²) >= 11 is 0. The molecule has 80 valence electrons. The van der Waals surface area contributed by atoms with E-state index >= 15 is 0 Å². The second-order valence-corrected chi connectivity index (χ2v) is 2.08. The fraction of sp³-hybridized carbons (Fsp3) is 0.286. The van der Waals surface area contributed by atoms with Crippen LogP contribution in [-0.2, 0) is 14.4 Å². The predicted molar refractivity (Wildman–Crippen MR) is 45.7 cm³/mol. The summed E-state index contributed by atoms with van der Waals surface area (Å²) in [6.45, 7) is 2.96. The van der Waals surface area contributed by atoms with Crippen molar-refractivity contribution in [3.8, 4) is 0 Å². The average Bonchev–Trinajstić information content (AvgIpc) is 2.04. The molecule has 0 aliphatic heterocycles. The number of carboxylic acid groups (broad SMARTS) is 3. The van der Waals surface area contributed by atoms with Gasteiger partial charge in [-0.1, -0.05) is 6.58 Å². The van der Waals surface area contributed by atoms with E-state index in [0.29, 0.717) is 0 Å². The zero-order valence-electron chi connectivity index (χ0n) is 7.21. The number of aliphatic carboxylic acids is 3. The average molecular weight is 205 g/mol. The van der Waals surface area contributed by atoms with E-state index in [-0.39, 0.29) is 0 Å². The first kappa shape index (κ1) is 14.6. The number of hydrogen-bond donors (Lipinski definition) is 4. The van der Waals surface area contributed by atoms with Crippen LogP contribution in [-0.4, -0.2) is 39.3 Å². The Bertz CT molecular complexity index is 236. The highest BCUT2D eigenvalue weighted by atomic mass is 16.4. The van der Waals surface area contributed by atoms with Crippen molar-refractivity contribution in [2.24, 2.45) is 5.73 Å². The minimum atomic E-state index is -1.29. The van der Waals surface area contributed by atoms with Gasteiger partial charge in [-0.3, -0.25) is 9.59 Å². The van der Waals surface area contributed by atoms with Crippen molar-refractivity contribution in [1.29, 1.82) is 0 Å². The molecule has 0 aliphatic rings. The van der Waals surface area contributed by atoms with Crippen LogP contribution in [0, 0.1) is 0 Å². The van der Waals surface area contributed by atoms with Crippen molar-refractivity contribution >= 4 is 17.9 Å². The minimum Gasteiger partial charge on any atom is -0.481 e. The molecule has 1 atom stereocenters. The van der Waals surface area contributed by atoms with Crippen LogP contribution in [0.5, 0.6) is 0 Å². The molecule has 0 heterocycles. The number of hydrogen-bond acceptors (Lipinski definition) is 4. The molecule has 0 aliphatic carbocycles. The molecule has 5 N–H and O–H groups in total. The third-order valence-corrected chi connectivity index (χ3v) is 0.886. The Labute approximate surface area is 79.5 Å². The molecule has 0 bridgehead atoms. The molecular weight excluding hydrogens is 194 g/mol. The van der Waals surface area contributed by atoms with E-state index in [0.717, 1.165) is 6.08 Å². The van der Waals surface area contributed by atoms with Crippen LogP contribution in [0.1, 0.15) is 6.42 Å². The first-order valence-electron chi connectivity index (χ1n) is 3.36. The summed E-state index contributed by atoms with van der Waals surface area (Å²) in [7, 11) is 0. The molecule has 0 aromatic carbocycles. The number of carboxylic acids is 3. The summed E-state index contributed by atoms with van der Waals surface area (Å²) in [5.74, 6) is -3.48. The van der Waals surface area contributed by atoms with E-state index in [1.54, 1.807) is 0 Å². The lowest BCUT2D eigenvalue weighted by Crippen LogP contribution is -2.32. The van der Waals surface area contributed by atoms with E-state index in [9.17, 15) is 14.4 Å². The Morgan fingerprint density at radius 3 is 1.71 bits per heavy atom. The number of rotatable bonds is 4. The van der Waals surface area contributed by atoms with Crippen molar-refractivity contribution in [1.82, 2.24) is 0 Å². The van der Waals surface area contributed by atoms with Crippen LogP contribution in [0.4, 0.5) is 0 Å². The van der Waals surface area contributed by atoms with Crippen molar-refractivity contribution in [3.63, 3.8) is 0 Å². The van der Waals surface area contributed by atoms with E-state index in [2.05, 4.69) is 6.58 Å². The van der Waals surface area contributed by atoms with Crippen molar-refractivity contribution < 1.29 is 29.7 Å². The van der Waals surface area contributed by atoms with E-state index in [1.807, 2.05) is 0 Å². The summed E-state index contributed by atoms with van der Waals surface area (Å²) in [6.07, 6.45) is 0.301. The maximum absolute atomic E-state index is 9.85. The van der Waals surface area contributed by atoms with Crippen molar-refractivity contribution in [3.05, 3.63) is 12.7 Å². The smallest absolute Gasteiger partial charge is 0.327 e. The summed E-state index contributed by atoms with van der Waals surface area (Å²) in [5, 5.41) is 23.6. The largest absolute Gasteiger partial charge is 0.481 e. The zero-order chi connectivity index (χ0) is 11.7. The molecule has 0 radical (unpaired) electrons. The highest BCUT2D eigenvalue weighted by Gasteiger charge is 2.14. The molecule has 0 aromatic heterocycles. The van der Waals surface area contributed by atoms with Crippen molar-refractivity contribution in [2.75, 3.05) is 0 Å². The topological polar surface area (TPSA) is 138 Å². The van der Waals surface area contributed by atoms with Crippen LogP contribution in [0.25, 0.3) is 0 Å². The van der Waals surface area contributed by atoms with Crippen LogP contribution >= 0.6 is 0 Å². The Balaban J connectivity index is 0. The molecule has 7 heteroatoms. The van der Waals surface area contributed by atoms with E-state index in [1.165, 1.54) is 0 Å². The van der Waals surface area contributed by atoms with Crippen molar-refractivity contribution in [2.45, 2.75) is 12.5 Å². The molecule has 0 fully saturated rings. The minimum absolute atomic E-state index is 0.532. The SMILES string of the molecule is C=CC(=O)O.N[C@@H](CC(=O)O)C(=O)O. The Morgan fingerprint density at radius 2 is 1.64 bits per heavy atom. The van der Waals surface area contributed by atoms with E-state index in [4.69, 9.17) is 21.1 Å². The molecule has 0 rings (SSSR count). The predicted octanol–water partition coefficient (Wildman–Crippen LogP) is -0.870. The lowest BCUT2D eigenvalue weighted by Gasteiger charge is -1.99. The van der Waals surface area contributed by atoms with Crippen LogP contribution < -0.4 is 5.73 Å². The lowest BCUT2D eigenvalue weighted by molar-refractivity contribution is -0.144. The maximum Gasteiger partial charge on any atom is 0.327 e. The van der Waals surface area contributed by atoms with Gasteiger partial charge in [-0.25, -0.2) is 4.79 Å². The summed E-state index contributed by atoms with van der Waals surface area (Å²) in [5.41, 5.74) is 4.84. The zero-order valence-corrected chi connectivity index (χ0v) is 7.21. The maximum atomic E-state index is 9.85. The molecule has 0 aromatic rings. The normalized spacial score (nSPS) is 10.4. The van der Waals surface area contributed by atoms with E-state index < -0.39 is 30.4 Å². The van der Waals surface area contributed by atoms with Gasteiger partial charge in [0.15, 0.2) is 0 Å². The summed E-state index contributed by atoms with van der Waals surface area (Å²) in [4.78, 5) is 28.9. The van der Waals surface area contributed by atoms with Gasteiger partial charge in [-0.15, -0.1) is 0 Å². The van der Waals surface area contributed by atoms with Gasteiger partial charge in [0.25, 0.3) is 0 Å². The quantitative estimate of drug-likeness (QED) is 0.437. The van der Waals surface area contributed by atoms with Gasteiger partial charge < -0.3 is 21.1 Å². The van der Waals surface area contributed by atoms with Gasteiger partial charge in [-0.05, 0) is 0 Å². The Morgan fingerprint density at radius 1 is 1.29 bits per heavy atom. The van der Waals surface area contributed by atoms with Gasteiger partial charge >= 0.3 is 17.9 Å². The first-order chi connectivity index (χ1) is 6.31. The molecule has 0 saturated carbocycles. The first-order valence-corrected chi connectivity index (χ1v) is 3.36. The molecule has 0 amide bonds. The molecule has 0 unspecified atom stereocenters. The Kier molecular flexibility index (Phi) is 8.09. The third-order valence-electron chi connectivity index (χ3n) is 0.886. The van der Waals surface area contributed by atoms with Crippen LogP contribution in [0.2, 0.25) is 0 Å². The van der Waals surface area contributed by atoms with Crippen LogP contribution in [0.15, 0.2) is 12.7 Å². The highest BCUT2D eigenvalue weighted by Crippen LogP contribution is 1.86. The molecule has 7 nitrogen and oxygen atoms in total. The number of carbonyl (C=O) groups is 3. The lowest BCUT2D eigenvalue weighted by atomic mass is 10.2. The van der Waals surface area contributed by atoms with Gasteiger partial charge in [0, 0.05) is 6.08 Å². The van der Waals surface area contributed by atoms with Gasteiger partial charge in [0.1, 0.15) is 6.04 Å². The molecule has 0 spiro atoms. The second kappa shape index (κ2) is 7.74. The standard InChI is InChI=1S/C4H7NO4.C3H4O2/c5-2(4(8)9)1-3(6)7;1-2-3(4)5/h2H,1,5H2,(H,6,7)(H,8,9);2H,1H2,(H,4,5)/t2-;/m0./s1. The third kappa shape index (κ3) is 12.8. The van der Waals surface area contributed by atoms with Crippen LogP contribution in [0.3, 0.4) is 0 Å². The van der Waals surface area contributed by atoms with Gasteiger partial charge in [0.05, 0.1) is 6.42 Å².